The molecule has 0 spiro atoms. The highest BCUT2D eigenvalue weighted by molar-refractivity contribution is 6.08. The monoisotopic (exact) mass is 145 g/mol. The molecule has 11 heavy (non-hydrogen) atoms. The summed E-state index contributed by atoms with van der Waals surface area (Å²) < 4.78 is 0. The zero-order valence-corrected chi connectivity index (χ0v) is 5.95. The summed E-state index contributed by atoms with van der Waals surface area (Å²) in [5.74, 6) is 0. The number of hydrogen-bond acceptors (Lipinski definition) is 2. The van der Waals surface area contributed by atoms with Crippen LogP contribution in [-0.2, 0) is 11.2 Å². The number of aromatic nitrogens is 1. The Morgan fingerprint density at radius 1 is 1.55 bits per heavy atom. The molecule has 2 heteroatoms. The van der Waals surface area contributed by atoms with Crippen molar-refractivity contribution in [1.29, 1.82) is 0 Å². The Kier molecular flexibility index (Phi) is 1.32. The molecule has 0 unspecified atom stereocenters. The molecule has 54 valence electrons. The molecule has 0 radical (unpaired) electrons. The van der Waals surface area contributed by atoms with Gasteiger partial charge in [0.15, 0.2) is 0 Å². The van der Waals surface area contributed by atoms with Crippen molar-refractivity contribution in [3.63, 3.8) is 0 Å². The molecule has 0 saturated carbocycles. The Labute approximate surface area is 64.6 Å². The number of aldehydes is 1. The number of allylic oxidation sites excluding steroid dienone is 2. The summed E-state index contributed by atoms with van der Waals surface area (Å²) in [5.41, 5.74) is 2.98. The molecule has 0 aliphatic heterocycles. The van der Waals surface area contributed by atoms with Gasteiger partial charge in [-0.1, -0.05) is 6.08 Å². The lowest BCUT2D eigenvalue weighted by Crippen LogP contribution is -1.85. The first-order valence-corrected chi connectivity index (χ1v) is 3.50. The third-order valence-electron chi connectivity index (χ3n) is 1.88. The van der Waals surface area contributed by atoms with Gasteiger partial charge in [0.1, 0.15) is 6.29 Å². The second kappa shape index (κ2) is 2.31. The fourth-order valence-electron chi connectivity index (χ4n) is 1.31. The smallest absolute Gasteiger partial charge is 0.150 e. The van der Waals surface area contributed by atoms with E-state index in [0.717, 1.165) is 29.4 Å². The topological polar surface area (TPSA) is 30.0 Å². The first-order chi connectivity index (χ1) is 5.42. The summed E-state index contributed by atoms with van der Waals surface area (Å²) >= 11 is 0. The molecule has 1 heterocycles. The van der Waals surface area contributed by atoms with Crippen molar-refractivity contribution < 1.29 is 4.79 Å². The number of carbonyl (C=O) groups excluding carboxylic acids is 1. The normalized spacial score (nSPS) is 14.0. The van der Waals surface area contributed by atoms with Crippen molar-refractivity contribution in [3.8, 4) is 0 Å². The maximum atomic E-state index is 10.5. The lowest BCUT2D eigenvalue weighted by molar-refractivity contribution is -0.103. The number of nitrogens with zero attached hydrogens (tertiary/aromatic N) is 1. The summed E-state index contributed by atoms with van der Waals surface area (Å²) in [6, 6.07) is 1.88. The zero-order chi connectivity index (χ0) is 7.68. The Balaban J connectivity index is 2.56. The summed E-state index contributed by atoms with van der Waals surface area (Å²) in [6.07, 6.45) is 7.19. The van der Waals surface area contributed by atoms with Crippen molar-refractivity contribution >= 4 is 11.9 Å². The van der Waals surface area contributed by atoms with Gasteiger partial charge in [-0.15, -0.1) is 0 Å². The van der Waals surface area contributed by atoms with E-state index in [0.29, 0.717) is 0 Å². The predicted molar refractivity (Wildman–Crippen MR) is 42.0 cm³/mol. The minimum Gasteiger partial charge on any atom is -0.298 e. The van der Waals surface area contributed by atoms with Crippen molar-refractivity contribution in [1.82, 2.24) is 4.98 Å². The van der Waals surface area contributed by atoms with Gasteiger partial charge in [-0.05, 0) is 23.6 Å². The zero-order valence-electron chi connectivity index (χ0n) is 5.95. The first-order valence-electron chi connectivity index (χ1n) is 3.50. The lowest BCUT2D eigenvalue weighted by atomic mass is 10.1. The van der Waals surface area contributed by atoms with E-state index in [4.69, 9.17) is 0 Å². The molecule has 0 amide bonds. The summed E-state index contributed by atoms with van der Waals surface area (Å²) in [4.78, 5) is 14.5. The highest BCUT2D eigenvalue weighted by atomic mass is 16.1. The highest BCUT2D eigenvalue weighted by Crippen LogP contribution is 2.23. The van der Waals surface area contributed by atoms with Crippen LogP contribution in [0.5, 0.6) is 0 Å². The van der Waals surface area contributed by atoms with Gasteiger partial charge in [-0.2, -0.15) is 0 Å². The molecule has 0 saturated heterocycles. The van der Waals surface area contributed by atoms with Gasteiger partial charge in [0, 0.05) is 18.0 Å². The van der Waals surface area contributed by atoms with E-state index in [2.05, 4.69) is 4.98 Å². The second-order valence-electron chi connectivity index (χ2n) is 2.51. The molecular weight excluding hydrogens is 138 g/mol. The number of rotatable bonds is 1. The van der Waals surface area contributed by atoms with Crippen LogP contribution in [0.3, 0.4) is 0 Å². The molecule has 0 N–H and O–H groups in total. The molecule has 1 aromatic heterocycles. The number of fused-ring (bicyclic) bond motifs is 1. The molecule has 1 aromatic rings. The van der Waals surface area contributed by atoms with Crippen LogP contribution < -0.4 is 0 Å². The molecule has 0 fully saturated rings. The molecule has 0 atom stereocenters. The van der Waals surface area contributed by atoms with E-state index in [-0.39, 0.29) is 0 Å². The molecule has 0 bridgehead atoms. The van der Waals surface area contributed by atoms with E-state index in [1.165, 1.54) is 0 Å². The minimum atomic E-state index is 0.794. The fourth-order valence-corrected chi connectivity index (χ4v) is 1.31. The summed E-state index contributed by atoms with van der Waals surface area (Å²) in [7, 11) is 0. The van der Waals surface area contributed by atoms with Crippen LogP contribution in [0.2, 0.25) is 0 Å². The number of carbonyl (C=O) groups is 1. The third-order valence-corrected chi connectivity index (χ3v) is 1.88. The maximum Gasteiger partial charge on any atom is 0.150 e. The van der Waals surface area contributed by atoms with Gasteiger partial charge < -0.3 is 0 Å². The van der Waals surface area contributed by atoms with Gasteiger partial charge in [-0.25, -0.2) is 0 Å². The van der Waals surface area contributed by atoms with E-state index in [1.54, 1.807) is 6.20 Å². The van der Waals surface area contributed by atoms with Gasteiger partial charge in [0.05, 0.1) is 0 Å². The highest BCUT2D eigenvalue weighted by Gasteiger charge is 2.11. The average molecular weight is 145 g/mol. The molecule has 0 aromatic carbocycles. The fraction of sp³-hybridized carbons (Fsp3) is 0.111. The summed E-state index contributed by atoms with van der Waals surface area (Å²) in [5, 5.41) is 0. The van der Waals surface area contributed by atoms with Crippen molar-refractivity contribution in [2.45, 2.75) is 6.42 Å². The van der Waals surface area contributed by atoms with Crippen LogP contribution in [0.1, 0.15) is 11.1 Å². The van der Waals surface area contributed by atoms with Crippen LogP contribution in [-0.4, -0.2) is 11.3 Å². The van der Waals surface area contributed by atoms with E-state index >= 15 is 0 Å². The number of pyridine rings is 1. The van der Waals surface area contributed by atoms with Crippen molar-refractivity contribution in [2.24, 2.45) is 0 Å². The molecule has 1 aliphatic rings. The minimum absolute atomic E-state index is 0.794. The van der Waals surface area contributed by atoms with E-state index in [9.17, 15) is 4.79 Å². The Bertz CT molecular complexity index is 328. The Hall–Kier alpha value is -1.44. The lowest BCUT2D eigenvalue weighted by Gasteiger charge is -1.96. The quantitative estimate of drug-likeness (QED) is 0.556. The Morgan fingerprint density at radius 2 is 2.45 bits per heavy atom. The van der Waals surface area contributed by atoms with Crippen LogP contribution in [0.25, 0.3) is 5.57 Å². The van der Waals surface area contributed by atoms with Gasteiger partial charge in [-0.3, -0.25) is 9.78 Å². The Morgan fingerprint density at radius 3 is 3.27 bits per heavy atom. The first kappa shape index (κ1) is 6.28. The van der Waals surface area contributed by atoms with Crippen molar-refractivity contribution in [2.75, 3.05) is 0 Å². The third kappa shape index (κ3) is 0.871. The second-order valence-corrected chi connectivity index (χ2v) is 2.51. The maximum absolute atomic E-state index is 10.5. The van der Waals surface area contributed by atoms with Crippen LogP contribution in [0, 0.1) is 0 Å². The van der Waals surface area contributed by atoms with E-state index in [1.807, 2.05) is 18.3 Å². The van der Waals surface area contributed by atoms with Gasteiger partial charge >= 0.3 is 0 Å². The standard InChI is InChI=1S/C9H7NO/c11-6-8-2-1-7-5-10-4-3-9(7)8/h2-6H,1H2. The SMILES string of the molecule is O=CC1=CCc2cnccc21. The number of hydrogen-bond donors (Lipinski definition) is 0. The van der Waals surface area contributed by atoms with Gasteiger partial charge in [0.25, 0.3) is 0 Å². The van der Waals surface area contributed by atoms with E-state index < -0.39 is 0 Å². The van der Waals surface area contributed by atoms with Crippen LogP contribution >= 0.6 is 0 Å². The van der Waals surface area contributed by atoms with Crippen LogP contribution in [0.15, 0.2) is 24.5 Å². The van der Waals surface area contributed by atoms with Crippen LogP contribution in [0.4, 0.5) is 0 Å². The largest absolute Gasteiger partial charge is 0.298 e. The molecular formula is C9H7NO. The summed E-state index contributed by atoms with van der Waals surface area (Å²) in [6.45, 7) is 0. The molecule has 2 nitrogen and oxygen atoms in total. The molecule has 1 aliphatic carbocycles. The molecule has 2 rings (SSSR count). The van der Waals surface area contributed by atoms with Gasteiger partial charge in [0.2, 0.25) is 0 Å². The average Bonchev–Trinajstić information content (AvgIpc) is 2.47. The van der Waals surface area contributed by atoms with Crippen molar-refractivity contribution in [3.05, 3.63) is 35.7 Å². The predicted octanol–water partition coefficient (Wildman–Crippen LogP) is 1.22.